The van der Waals surface area contributed by atoms with Gasteiger partial charge >= 0.3 is 0 Å². The number of benzene rings is 1. The molecule has 2 rings (SSSR count). The highest BCUT2D eigenvalue weighted by atomic mass is 16.3. The minimum absolute atomic E-state index is 0.0739. The molecule has 2 atom stereocenters. The van der Waals surface area contributed by atoms with Crippen LogP contribution in [0.25, 0.3) is 0 Å². The number of nitrogens with one attached hydrogen (secondary N) is 2. The number of hydrogen-bond acceptors (Lipinski definition) is 3. The Balaban J connectivity index is 1.96. The molecule has 0 aromatic heterocycles. The maximum absolute atomic E-state index is 11.9. The van der Waals surface area contributed by atoms with E-state index in [0.717, 1.165) is 25.1 Å². The van der Waals surface area contributed by atoms with Gasteiger partial charge in [-0.15, -0.1) is 0 Å². The van der Waals surface area contributed by atoms with E-state index in [1.165, 1.54) is 0 Å². The third kappa shape index (κ3) is 2.97. The van der Waals surface area contributed by atoms with Crippen molar-refractivity contribution in [2.45, 2.75) is 19.4 Å². The fourth-order valence-electron chi connectivity index (χ4n) is 2.09. The lowest BCUT2D eigenvalue weighted by Gasteiger charge is -2.17. The molecule has 1 aromatic carbocycles. The zero-order valence-corrected chi connectivity index (χ0v) is 9.94. The highest BCUT2D eigenvalue weighted by Crippen LogP contribution is 2.18. The molecule has 1 aliphatic rings. The topological polar surface area (TPSA) is 61.4 Å². The molecule has 1 aliphatic heterocycles. The Morgan fingerprint density at radius 3 is 3.06 bits per heavy atom. The van der Waals surface area contributed by atoms with Crippen molar-refractivity contribution in [1.82, 2.24) is 10.6 Å². The highest BCUT2D eigenvalue weighted by Gasteiger charge is 2.23. The first-order valence-corrected chi connectivity index (χ1v) is 5.97. The van der Waals surface area contributed by atoms with E-state index in [-0.39, 0.29) is 23.6 Å². The second kappa shape index (κ2) is 5.19. The Hall–Kier alpha value is -1.55. The van der Waals surface area contributed by atoms with Crippen molar-refractivity contribution in [3.8, 4) is 5.75 Å². The van der Waals surface area contributed by atoms with Crippen LogP contribution in [0.5, 0.6) is 5.75 Å². The molecule has 1 aromatic rings. The van der Waals surface area contributed by atoms with Crippen LogP contribution in [-0.2, 0) is 4.79 Å². The van der Waals surface area contributed by atoms with Crippen LogP contribution in [0.4, 0.5) is 0 Å². The second-order valence-electron chi connectivity index (χ2n) is 4.51. The molecule has 0 spiro atoms. The molecule has 0 aliphatic carbocycles. The molecule has 92 valence electrons. The maximum atomic E-state index is 11.9. The van der Waals surface area contributed by atoms with E-state index in [1.807, 2.05) is 13.0 Å². The average molecular weight is 234 g/mol. The number of hydrogen-bond donors (Lipinski definition) is 3. The van der Waals surface area contributed by atoms with Gasteiger partial charge < -0.3 is 15.7 Å². The lowest BCUT2D eigenvalue weighted by molar-refractivity contribution is -0.125. The first-order valence-electron chi connectivity index (χ1n) is 5.97. The van der Waals surface area contributed by atoms with Gasteiger partial charge in [-0.25, -0.2) is 0 Å². The molecular weight excluding hydrogens is 216 g/mol. The summed E-state index contributed by atoms with van der Waals surface area (Å²) < 4.78 is 0. The Kier molecular flexibility index (Phi) is 3.64. The summed E-state index contributed by atoms with van der Waals surface area (Å²) in [5.74, 6) is 0.395. The number of carbonyl (C=O) groups is 1. The van der Waals surface area contributed by atoms with Crippen LogP contribution in [0.3, 0.4) is 0 Å². The summed E-state index contributed by atoms with van der Waals surface area (Å²) in [4.78, 5) is 11.9. The zero-order chi connectivity index (χ0) is 12.3. The SMILES string of the molecule is CC(NC(=O)C1CCNC1)c1cccc(O)c1. The first-order chi connectivity index (χ1) is 8.16. The lowest BCUT2D eigenvalue weighted by Crippen LogP contribution is -2.33. The fraction of sp³-hybridized carbons (Fsp3) is 0.462. The standard InChI is InChI=1S/C13H18N2O2/c1-9(10-3-2-4-12(16)7-10)15-13(17)11-5-6-14-8-11/h2-4,7,9,11,14,16H,5-6,8H2,1H3,(H,15,17). The van der Waals surface area contributed by atoms with Crippen molar-refractivity contribution in [2.75, 3.05) is 13.1 Å². The van der Waals surface area contributed by atoms with Crippen LogP contribution in [0.1, 0.15) is 24.9 Å². The summed E-state index contributed by atoms with van der Waals surface area (Å²) in [6, 6.07) is 6.91. The Morgan fingerprint density at radius 1 is 1.59 bits per heavy atom. The van der Waals surface area contributed by atoms with Crippen molar-refractivity contribution >= 4 is 5.91 Å². The number of aromatic hydroxyl groups is 1. The van der Waals surface area contributed by atoms with E-state index in [0.29, 0.717) is 0 Å². The molecule has 3 N–H and O–H groups in total. The van der Waals surface area contributed by atoms with Gasteiger partial charge in [0.1, 0.15) is 5.75 Å². The van der Waals surface area contributed by atoms with E-state index in [9.17, 15) is 9.90 Å². The first kappa shape index (κ1) is 11.9. The summed E-state index contributed by atoms with van der Waals surface area (Å²) >= 11 is 0. The molecule has 2 unspecified atom stereocenters. The molecule has 1 saturated heterocycles. The van der Waals surface area contributed by atoms with Crippen molar-refractivity contribution < 1.29 is 9.90 Å². The van der Waals surface area contributed by atoms with E-state index in [4.69, 9.17) is 0 Å². The van der Waals surface area contributed by atoms with E-state index >= 15 is 0 Å². The van der Waals surface area contributed by atoms with Gasteiger partial charge in [0.05, 0.1) is 12.0 Å². The zero-order valence-electron chi connectivity index (χ0n) is 9.94. The minimum Gasteiger partial charge on any atom is -0.508 e. The highest BCUT2D eigenvalue weighted by molar-refractivity contribution is 5.79. The number of rotatable bonds is 3. The normalized spacial score (nSPS) is 21.1. The van der Waals surface area contributed by atoms with Gasteiger partial charge in [0.15, 0.2) is 0 Å². The summed E-state index contributed by atoms with van der Waals surface area (Å²) in [6.07, 6.45) is 0.901. The van der Waals surface area contributed by atoms with Gasteiger partial charge in [0, 0.05) is 6.54 Å². The number of amides is 1. The van der Waals surface area contributed by atoms with Crippen molar-refractivity contribution in [3.05, 3.63) is 29.8 Å². The van der Waals surface area contributed by atoms with E-state index in [2.05, 4.69) is 10.6 Å². The molecule has 1 heterocycles. The predicted molar refractivity (Wildman–Crippen MR) is 65.6 cm³/mol. The van der Waals surface area contributed by atoms with Gasteiger partial charge in [0.25, 0.3) is 0 Å². The molecule has 1 fully saturated rings. The Morgan fingerprint density at radius 2 is 2.41 bits per heavy atom. The van der Waals surface area contributed by atoms with Crippen LogP contribution >= 0.6 is 0 Å². The van der Waals surface area contributed by atoms with Crippen molar-refractivity contribution in [2.24, 2.45) is 5.92 Å². The van der Waals surface area contributed by atoms with Crippen molar-refractivity contribution in [3.63, 3.8) is 0 Å². The third-order valence-electron chi connectivity index (χ3n) is 3.16. The summed E-state index contributed by atoms with van der Waals surface area (Å²) in [7, 11) is 0. The van der Waals surface area contributed by atoms with E-state index in [1.54, 1.807) is 18.2 Å². The van der Waals surface area contributed by atoms with Gasteiger partial charge in [-0.2, -0.15) is 0 Å². The monoisotopic (exact) mass is 234 g/mol. The maximum Gasteiger partial charge on any atom is 0.224 e. The number of carbonyl (C=O) groups excluding carboxylic acids is 1. The van der Waals surface area contributed by atoms with Crippen LogP contribution in [-0.4, -0.2) is 24.1 Å². The minimum atomic E-state index is -0.0739. The van der Waals surface area contributed by atoms with Crippen LogP contribution in [0, 0.1) is 5.92 Å². The van der Waals surface area contributed by atoms with E-state index < -0.39 is 0 Å². The summed E-state index contributed by atoms with van der Waals surface area (Å²) in [5, 5.41) is 15.5. The predicted octanol–water partition coefficient (Wildman–Crippen LogP) is 1.18. The molecule has 4 nitrogen and oxygen atoms in total. The lowest BCUT2D eigenvalue weighted by atomic mass is 10.0. The van der Waals surface area contributed by atoms with Crippen LogP contribution < -0.4 is 10.6 Å². The molecule has 4 heteroatoms. The molecule has 1 amide bonds. The molecule has 0 bridgehead atoms. The number of phenols is 1. The van der Waals surface area contributed by atoms with Gasteiger partial charge in [-0.3, -0.25) is 4.79 Å². The Labute approximate surface area is 101 Å². The molecule has 0 saturated carbocycles. The van der Waals surface area contributed by atoms with Crippen LogP contribution in [0.15, 0.2) is 24.3 Å². The second-order valence-corrected chi connectivity index (χ2v) is 4.51. The quantitative estimate of drug-likeness (QED) is 0.736. The van der Waals surface area contributed by atoms with Gasteiger partial charge in [-0.1, -0.05) is 12.1 Å². The largest absolute Gasteiger partial charge is 0.508 e. The van der Waals surface area contributed by atoms with Crippen LogP contribution in [0.2, 0.25) is 0 Å². The summed E-state index contributed by atoms with van der Waals surface area (Å²) in [6.45, 7) is 3.60. The van der Waals surface area contributed by atoms with Gasteiger partial charge in [-0.05, 0) is 37.6 Å². The summed E-state index contributed by atoms with van der Waals surface area (Å²) in [5.41, 5.74) is 0.921. The fourth-order valence-corrected chi connectivity index (χ4v) is 2.09. The molecular formula is C13H18N2O2. The molecule has 0 radical (unpaired) electrons. The molecule has 17 heavy (non-hydrogen) atoms. The van der Waals surface area contributed by atoms with Crippen molar-refractivity contribution in [1.29, 1.82) is 0 Å². The smallest absolute Gasteiger partial charge is 0.224 e. The average Bonchev–Trinajstić information content (AvgIpc) is 2.82. The Bertz CT molecular complexity index is 400. The third-order valence-corrected chi connectivity index (χ3v) is 3.16. The van der Waals surface area contributed by atoms with Gasteiger partial charge in [0.2, 0.25) is 5.91 Å². The number of phenolic OH excluding ortho intramolecular Hbond substituents is 1.